The second-order valence-electron chi connectivity index (χ2n) is 8.19. The minimum atomic E-state index is 0.488. The van der Waals surface area contributed by atoms with Crippen molar-refractivity contribution in [3.63, 3.8) is 0 Å². The van der Waals surface area contributed by atoms with Gasteiger partial charge in [0, 0.05) is 58.6 Å². The summed E-state index contributed by atoms with van der Waals surface area (Å²) in [5.41, 5.74) is 2.59. The van der Waals surface area contributed by atoms with Crippen molar-refractivity contribution in [2.24, 2.45) is 0 Å². The highest BCUT2D eigenvalue weighted by atomic mass is 15.2. The number of hydrogen-bond donors (Lipinski definition) is 2. The van der Waals surface area contributed by atoms with E-state index in [1.807, 2.05) is 32.0 Å². The summed E-state index contributed by atoms with van der Waals surface area (Å²) >= 11 is 0. The van der Waals surface area contributed by atoms with Gasteiger partial charge >= 0.3 is 0 Å². The predicted molar refractivity (Wildman–Crippen MR) is 118 cm³/mol. The normalized spacial score (nSPS) is 19.3. The van der Waals surface area contributed by atoms with Crippen LogP contribution in [-0.2, 0) is 6.54 Å². The van der Waals surface area contributed by atoms with Gasteiger partial charge in [-0.3, -0.25) is 0 Å². The fourth-order valence-corrected chi connectivity index (χ4v) is 3.68. The summed E-state index contributed by atoms with van der Waals surface area (Å²) < 4.78 is 0. The van der Waals surface area contributed by atoms with Crippen molar-refractivity contribution in [2.75, 3.05) is 43.3 Å². The molecule has 1 aliphatic carbocycles. The quantitative estimate of drug-likeness (QED) is 0.765. The van der Waals surface area contributed by atoms with Crippen molar-refractivity contribution in [3.8, 4) is 0 Å². The zero-order chi connectivity index (χ0) is 20.1. The predicted octanol–water partition coefficient (Wildman–Crippen LogP) is 3.43. The fraction of sp³-hybridized carbons (Fsp3) is 0.545. The van der Waals surface area contributed by atoms with E-state index in [1.54, 1.807) is 0 Å². The minimum Gasteiger partial charge on any atom is -0.378 e. The van der Waals surface area contributed by atoms with Crippen LogP contribution in [0, 0.1) is 6.92 Å². The number of aryl methyl sites for hydroxylation is 1. The van der Waals surface area contributed by atoms with Gasteiger partial charge in [0.1, 0.15) is 17.5 Å². The summed E-state index contributed by atoms with van der Waals surface area (Å²) in [6.07, 6.45) is 4.71. The van der Waals surface area contributed by atoms with Crippen LogP contribution in [0.1, 0.15) is 37.1 Å². The van der Waals surface area contributed by atoms with Crippen molar-refractivity contribution < 1.29 is 0 Å². The Kier molecular flexibility index (Phi) is 6.73. The molecule has 1 saturated carbocycles. The fourth-order valence-electron chi connectivity index (χ4n) is 3.68. The largest absolute Gasteiger partial charge is 0.378 e. The minimum absolute atomic E-state index is 0.488. The molecule has 1 aliphatic rings. The third kappa shape index (κ3) is 5.58. The van der Waals surface area contributed by atoms with Gasteiger partial charge in [0.25, 0.3) is 0 Å². The molecule has 0 unspecified atom stereocenters. The second kappa shape index (κ2) is 9.24. The second-order valence-corrected chi connectivity index (χ2v) is 8.19. The van der Waals surface area contributed by atoms with Crippen LogP contribution >= 0.6 is 0 Å². The third-order valence-corrected chi connectivity index (χ3v) is 5.41. The van der Waals surface area contributed by atoms with Crippen molar-refractivity contribution in [3.05, 3.63) is 41.7 Å². The van der Waals surface area contributed by atoms with Gasteiger partial charge in [-0.05, 0) is 50.3 Å². The van der Waals surface area contributed by atoms with Crippen LogP contribution < -0.4 is 20.4 Å². The highest BCUT2D eigenvalue weighted by Crippen LogP contribution is 2.23. The van der Waals surface area contributed by atoms with E-state index in [1.165, 1.54) is 24.1 Å². The van der Waals surface area contributed by atoms with Gasteiger partial charge < -0.3 is 20.4 Å². The van der Waals surface area contributed by atoms with Crippen molar-refractivity contribution in [2.45, 2.75) is 51.2 Å². The molecule has 0 bridgehead atoms. The van der Waals surface area contributed by atoms with Gasteiger partial charge in [0.2, 0.25) is 0 Å². The Balaban J connectivity index is 1.45. The molecule has 0 radical (unpaired) electrons. The van der Waals surface area contributed by atoms with Gasteiger partial charge in [0.15, 0.2) is 0 Å². The number of anilines is 3. The molecule has 152 valence electrons. The van der Waals surface area contributed by atoms with Crippen LogP contribution in [-0.4, -0.2) is 50.2 Å². The lowest BCUT2D eigenvalue weighted by Crippen LogP contribution is -2.36. The molecule has 3 rings (SSSR count). The Morgan fingerprint density at radius 3 is 2.14 bits per heavy atom. The Morgan fingerprint density at radius 1 is 0.893 bits per heavy atom. The standard InChI is InChI=1S/C22H34N6/c1-16-24-21(14-22(25-16)28(4)5)26-19-10-8-18(9-11-19)23-15-17-6-12-20(13-7-17)27(2)3/h6-7,12-14,18-19,23H,8-11,15H2,1-5H3,(H,24,25,26). The molecule has 2 N–H and O–H groups in total. The highest BCUT2D eigenvalue weighted by molar-refractivity contribution is 5.49. The summed E-state index contributed by atoms with van der Waals surface area (Å²) in [4.78, 5) is 13.2. The molecule has 1 aromatic carbocycles. The maximum atomic E-state index is 4.56. The summed E-state index contributed by atoms with van der Waals surface area (Å²) in [5.74, 6) is 2.70. The molecule has 6 heteroatoms. The molecule has 1 heterocycles. The Bertz CT molecular complexity index is 748. The molecule has 1 fully saturated rings. The van der Waals surface area contributed by atoms with Crippen LogP contribution in [0.4, 0.5) is 17.3 Å². The number of benzene rings is 1. The van der Waals surface area contributed by atoms with Gasteiger partial charge in [-0.2, -0.15) is 0 Å². The van der Waals surface area contributed by atoms with E-state index in [9.17, 15) is 0 Å². The van der Waals surface area contributed by atoms with Crippen LogP contribution in [0.25, 0.3) is 0 Å². The molecule has 0 amide bonds. The lowest BCUT2D eigenvalue weighted by molar-refractivity contribution is 0.352. The van der Waals surface area contributed by atoms with Gasteiger partial charge in [-0.1, -0.05) is 12.1 Å². The average Bonchev–Trinajstić information content (AvgIpc) is 2.67. The van der Waals surface area contributed by atoms with Crippen LogP contribution in [0.5, 0.6) is 0 Å². The van der Waals surface area contributed by atoms with E-state index in [0.29, 0.717) is 12.1 Å². The van der Waals surface area contributed by atoms with Crippen LogP contribution in [0.15, 0.2) is 30.3 Å². The molecule has 2 aromatic rings. The zero-order valence-electron chi connectivity index (χ0n) is 17.9. The topological polar surface area (TPSA) is 56.3 Å². The SMILES string of the molecule is Cc1nc(NC2CCC(NCc3ccc(N(C)C)cc3)CC2)cc(N(C)C)n1. The first-order chi connectivity index (χ1) is 13.4. The Hall–Kier alpha value is -2.34. The summed E-state index contributed by atoms with van der Waals surface area (Å²) in [6, 6.07) is 11.9. The maximum absolute atomic E-state index is 4.56. The average molecular weight is 383 g/mol. The number of nitrogens with one attached hydrogen (secondary N) is 2. The summed E-state index contributed by atoms with van der Waals surface area (Å²) in [6.45, 7) is 2.89. The molecular weight excluding hydrogens is 348 g/mol. The van der Waals surface area contributed by atoms with Crippen LogP contribution in [0.3, 0.4) is 0 Å². The van der Waals surface area contributed by atoms with Crippen molar-refractivity contribution in [1.82, 2.24) is 15.3 Å². The third-order valence-electron chi connectivity index (χ3n) is 5.41. The first kappa shape index (κ1) is 20.4. The molecular formula is C22H34N6. The van der Waals surface area contributed by atoms with Gasteiger partial charge in [-0.15, -0.1) is 0 Å². The van der Waals surface area contributed by atoms with Gasteiger partial charge in [-0.25, -0.2) is 9.97 Å². The number of rotatable bonds is 7. The van der Waals surface area contributed by atoms with E-state index in [2.05, 4.69) is 63.9 Å². The summed E-state index contributed by atoms with van der Waals surface area (Å²) in [7, 11) is 8.17. The molecule has 0 saturated heterocycles. The zero-order valence-corrected chi connectivity index (χ0v) is 17.9. The number of hydrogen-bond acceptors (Lipinski definition) is 6. The Morgan fingerprint density at radius 2 is 1.54 bits per heavy atom. The summed E-state index contributed by atoms with van der Waals surface area (Å²) in [5, 5.41) is 7.35. The molecule has 1 aromatic heterocycles. The first-order valence-corrected chi connectivity index (χ1v) is 10.2. The number of nitrogens with zero attached hydrogens (tertiary/aromatic N) is 4. The van der Waals surface area contributed by atoms with E-state index < -0.39 is 0 Å². The van der Waals surface area contributed by atoms with Crippen molar-refractivity contribution in [1.29, 1.82) is 0 Å². The van der Waals surface area contributed by atoms with E-state index in [-0.39, 0.29) is 0 Å². The van der Waals surface area contributed by atoms with E-state index in [0.717, 1.165) is 36.8 Å². The van der Waals surface area contributed by atoms with Gasteiger partial charge in [0.05, 0.1) is 0 Å². The molecule has 28 heavy (non-hydrogen) atoms. The first-order valence-electron chi connectivity index (χ1n) is 10.2. The Labute approximate surface area is 169 Å². The monoisotopic (exact) mass is 382 g/mol. The molecule has 6 nitrogen and oxygen atoms in total. The lowest BCUT2D eigenvalue weighted by Gasteiger charge is -2.30. The molecule has 0 spiro atoms. The smallest absolute Gasteiger partial charge is 0.133 e. The molecule has 0 atom stereocenters. The van der Waals surface area contributed by atoms with E-state index in [4.69, 9.17) is 0 Å². The van der Waals surface area contributed by atoms with Crippen molar-refractivity contribution >= 4 is 17.3 Å². The number of aromatic nitrogens is 2. The molecule has 0 aliphatic heterocycles. The highest BCUT2D eigenvalue weighted by Gasteiger charge is 2.21. The van der Waals surface area contributed by atoms with E-state index >= 15 is 0 Å². The maximum Gasteiger partial charge on any atom is 0.133 e. The van der Waals surface area contributed by atoms with Crippen LogP contribution in [0.2, 0.25) is 0 Å². The lowest BCUT2D eigenvalue weighted by atomic mass is 9.91.